The van der Waals surface area contributed by atoms with E-state index in [0.717, 1.165) is 10.8 Å². The number of carbonyl (C=O) groups is 6. The Morgan fingerprint density at radius 2 is 1.02 bits per heavy atom. The van der Waals surface area contributed by atoms with Gasteiger partial charge in [-0.1, -0.05) is 39.8 Å². The lowest BCUT2D eigenvalue weighted by Gasteiger charge is -2.30. The third-order valence-electron chi connectivity index (χ3n) is 8.84. The number of methoxy groups -OCH3 is 2. The van der Waals surface area contributed by atoms with Crippen LogP contribution in [-0.4, -0.2) is 97.1 Å². The van der Waals surface area contributed by atoms with Gasteiger partial charge in [0, 0.05) is 24.5 Å². The fourth-order valence-electron chi connectivity index (χ4n) is 6.21. The molecule has 0 aliphatic carbocycles. The molecule has 0 saturated carbocycles. The number of hydrogen-bond donors (Lipinski definition) is 4. The van der Waals surface area contributed by atoms with Crippen LogP contribution in [0.3, 0.4) is 0 Å². The van der Waals surface area contributed by atoms with Gasteiger partial charge in [0.05, 0.1) is 14.2 Å². The van der Waals surface area contributed by atoms with Crippen molar-refractivity contribution in [1.29, 1.82) is 0 Å². The second-order valence-electron chi connectivity index (χ2n) is 12.8. The van der Waals surface area contributed by atoms with Crippen molar-refractivity contribution in [2.75, 3.05) is 37.9 Å². The molecule has 4 rings (SSSR count). The average Bonchev–Trinajstić information content (AvgIpc) is 3.76. The number of amides is 6. The van der Waals surface area contributed by atoms with Gasteiger partial charge in [0.25, 0.3) is 0 Å². The maximum absolute atomic E-state index is 13.3. The summed E-state index contributed by atoms with van der Waals surface area (Å²) < 4.78 is 9.35. The summed E-state index contributed by atoms with van der Waals surface area (Å²) in [6.07, 6.45) is 0.911. The molecule has 0 radical (unpaired) electrons. The second kappa shape index (κ2) is 15.8. The molecule has 0 spiro atoms. The Labute approximate surface area is 280 Å². The number of anilines is 2. The van der Waals surface area contributed by atoms with Crippen molar-refractivity contribution in [2.24, 2.45) is 11.8 Å². The molecule has 48 heavy (non-hydrogen) atoms. The number of fused-ring (bicyclic) bond motifs is 1. The lowest BCUT2D eigenvalue weighted by molar-refractivity contribution is -0.139. The molecule has 4 N–H and O–H groups in total. The fraction of sp³-hybridized carbons (Fsp3) is 0.529. The number of nitrogens with zero attached hydrogens (tertiary/aromatic N) is 2. The SMILES string of the molecule is COC(=O)N[C@H](C(=O)N1CCC[C@H]1C(=O)Nc1ccc2cc(NC(=O)[C@@H]3CCCN3C(=O)[C@@H](NC(=O)OC)C(C)C)ccc2c1)C(C)C. The van der Waals surface area contributed by atoms with Crippen molar-refractivity contribution in [3.05, 3.63) is 36.4 Å². The fourth-order valence-corrected chi connectivity index (χ4v) is 6.21. The minimum Gasteiger partial charge on any atom is -0.453 e. The van der Waals surface area contributed by atoms with Crippen LogP contribution >= 0.6 is 0 Å². The van der Waals surface area contributed by atoms with Gasteiger partial charge < -0.3 is 40.5 Å². The summed E-state index contributed by atoms with van der Waals surface area (Å²) in [6, 6.07) is 7.77. The van der Waals surface area contributed by atoms with Crippen LogP contribution in [0.5, 0.6) is 0 Å². The van der Waals surface area contributed by atoms with E-state index in [0.29, 0.717) is 50.1 Å². The van der Waals surface area contributed by atoms with Gasteiger partial charge in [0.2, 0.25) is 23.6 Å². The zero-order chi connectivity index (χ0) is 35.1. The van der Waals surface area contributed by atoms with Crippen molar-refractivity contribution in [2.45, 2.75) is 77.5 Å². The molecule has 2 aliphatic rings. The monoisotopic (exact) mass is 666 g/mol. The molecular formula is C34H46N6O8. The number of carbonyl (C=O) groups excluding carboxylic acids is 6. The minimum absolute atomic E-state index is 0.205. The van der Waals surface area contributed by atoms with Crippen molar-refractivity contribution >= 4 is 58.0 Å². The van der Waals surface area contributed by atoms with Crippen LogP contribution in [0.2, 0.25) is 0 Å². The lowest BCUT2D eigenvalue weighted by Crippen LogP contribution is -2.54. The van der Waals surface area contributed by atoms with Gasteiger partial charge in [0.1, 0.15) is 24.2 Å². The van der Waals surface area contributed by atoms with Crippen molar-refractivity contribution in [1.82, 2.24) is 20.4 Å². The van der Waals surface area contributed by atoms with Crippen molar-refractivity contribution < 1.29 is 38.2 Å². The summed E-state index contributed by atoms with van der Waals surface area (Å²) in [7, 11) is 2.46. The van der Waals surface area contributed by atoms with E-state index in [4.69, 9.17) is 0 Å². The number of likely N-dealkylation sites (tertiary alicyclic amines) is 2. The molecule has 0 aromatic heterocycles. The maximum Gasteiger partial charge on any atom is 0.407 e. The van der Waals surface area contributed by atoms with Crippen LogP contribution in [0, 0.1) is 11.8 Å². The molecule has 2 saturated heterocycles. The van der Waals surface area contributed by atoms with Gasteiger partial charge in [0.15, 0.2) is 0 Å². The molecule has 6 amide bonds. The minimum atomic E-state index is -0.820. The summed E-state index contributed by atoms with van der Waals surface area (Å²) in [5.41, 5.74) is 1.11. The van der Waals surface area contributed by atoms with Crippen LogP contribution in [0.15, 0.2) is 36.4 Å². The summed E-state index contributed by atoms with van der Waals surface area (Å²) >= 11 is 0. The molecule has 2 aromatic rings. The van der Waals surface area contributed by atoms with E-state index in [-0.39, 0.29) is 35.5 Å². The number of alkyl carbamates (subject to hydrolysis) is 2. The molecule has 0 unspecified atom stereocenters. The molecule has 14 heteroatoms. The van der Waals surface area contributed by atoms with E-state index in [2.05, 4.69) is 30.7 Å². The first-order valence-corrected chi connectivity index (χ1v) is 16.3. The number of benzene rings is 2. The summed E-state index contributed by atoms with van der Waals surface area (Å²) in [5.74, 6) is -1.71. The molecule has 4 atom stereocenters. The highest BCUT2D eigenvalue weighted by molar-refractivity contribution is 6.02. The average molecular weight is 667 g/mol. The zero-order valence-corrected chi connectivity index (χ0v) is 28.3. The van der Waals surface area contributed by atoms with E-state index in [9.17, 15) is 28.8 Å². The van der Waals surface area contributed by atoms with E-state index in [1.165, 1.54) is 24.0 Å². The van der Waals surface area contributed by atoms with E-state index in [1.54, 1.807) is 12.1 Å². The Morgan fingerprint density at radius 3 is 1.35 bits per heavy atom. The predicted molar refractivity (Wildman–Crippen MR) is 179 cm³/mol. The molecule has 2 aliphatic heterocycles. The molecule has 14 nitrogen and oxygen atoms in total. The normalized spacial score (nSPS) is 18.8. The number of ether oxygens (including phenoxy) is 2. The molecule has 0 bridgehead atoms. The molecular weight excluding hydrogens is 620 g/mol. The van der Waals surface area contributed by atoms with Crippen LogP contribution in [-0.2, 0) is 28.7 Å². The Kier molecular flexibility index (Phi) is 11.8. The Bertz CT molecular complexity index is 1430. The molecule has 2 aromatic carbocycles. The highest BCUT2D eigenvalue weighted by Crippen LogP contribution is 2.27. The lowest BCUT2D eigenvalue weighted by atomic mass is 10.0. The standard InChI is InChI=1S/C34H46N6O8/c1-19(2)27(37-33(45)47-5)31(43)39-15-7-9-25(39)29(41)35-23-13-11-22-18-24(14-12-21(22)17-23)36-30(42)26-10-8-16-40(26)32(44)28(20(3)4)38-34(46)48-6/h11-14,17-20,25-28H,7-10,15-16H2,1-6H3,(H,35,41)(H,36,42)(H,37,45)(H,38,46)/t25-,26-,27-,28-/m0/s1. The number of hydrogen-bond acceptors (Lipinski definition) is 8. The maximum atomic E-state index is 13.3. The van der Waals surface area contributed by atoms with Gasteiger partial charge in [-0.25, -0.2) is 9.59 Å². The third-order valence-corrected chi connectivity index (χ3v) is 8.84. The smallest absolute Gasteiger partial charge is 0.407 e. The molecule has 2 heterocycles. The Balaban J connectivity index is 1.41. The first kappa shape index (κ1) is 36.0. The summed E-state index contributed by atoms with van der Waals surface area (Å²) in [6.45, 7) is 8.07. The van der Waals surface area contributed by atoms with E-state index >= 15 is 0 Å². The number of nitrogens with one attached hydrogen (secondary N) is 4. The predicted octanol–water partition coefficient (Wildman–Crippen LogP) is 3.46. The quantitative estimate of drug-likeness (QED) is 0.298. The van der Waals surface area contributed by atoms with Crippen LogP contribution in [0.25, 0.3) is 10.8 Å². The van der Waals surface area contributed by atoms with Crippen LogP contribution in [0.1, 0.15) is 53.4 Å². The van der Waals surface area contributed by atoms with Gasteiger partial charge in [-0.3, -0.25) is 19.2 Å². The largest absolute Gasteiger partial charge is 0.453 e. The third kappa shape index (κ3) is 8.33. The Morgan fingerprint density at radius 1 is 0.646 bits per heavy atom. The number of rotatable bonds is 10. The molecule has 2 fully saturated rings. The highest BCUT2D eigenvalue weighted by Gasteiger charge is 2.40. The first-order chi connectivity index (χ1) is 22.8. The van der Waals surface area contributed by atoms with Gasteiger partial charge in [-0.15, -0.1) is 0 Å². The van der Waals surface area contributed by atoms with Crippen molar-refractivity contribution in [3.8, 4) is 0 Å². The highest BCUT2D eigenvalue weighted by atomic mass is 16.5. The first-order valence-electron chi connectivity index (χ1n) is 16.3. The van der Waals surface area contributed by atoms with E-state index < -0.39 is 36.4 Å². The topological polar surface area (TPSA) is 175 Å². The van der Waals surface area contributed by atoms with Gasteiger partial charge in [-0.05, 0) is 72.6 Å². The Hall–Kier alpha value is -4.88. The summed E-state index contributed by atoms with van der Waals surface area (Å²) in [5, 5.41) is 12.7. The van der Waals surface area contributed by atoms with Gasteiger partial charge in [-0.2, -0.15) is 0 Å². The van der Waals surface area contributed by atoms with Crippen molar-refractivity contribution in [3.63, 3.8) is 0 Å². The second-order valence-corrected chi connectivity index (χ2v) is 12.8. The molecule has 260 valence electrons. The zero-order valence-electron chi connectivity index (χ0n) is 28.3. The summed E-state index contributed by atoms with van der Waals surface area (Å²) in [4.78, 5) is 80.0. The van der Waals surface area contributed by atoms with Crippen LogP contribution in [0.4, 0.5) is 21.0 Å². The van der Waals surface area contributed by atoms with E-state index in [1.807, 2.05) is 52.0 Å². The van der Waals surface area contributed by atoms with Gasteiger partial charge >= 0.3 is 12.2 Å². The van der Waals surface area contributed by atoms with Crippen LogP contribution < -0.4 is 21.3 Å².